The molecule has 1 amide bonds. The number of carbonyl (C=O) groups is 1. The number of ether oxygens (including phenoxy) is 2. The molecule has 5 rings (SSSR count). The van der Waals surface area contributed by atoms with E-state index >= 15 is 0 Å². The second kappa shape index (κ2) is 7.82. The van der Waals surface area contributed by atoms with Gasteiger partial charge in [0, 0.05) is 18.0 Å². The summed E-state index contributed by atoms with van der Waals surface area (Å²) in [5.74, 6) is 1.34. The number of nitrogens with zero attached hydrogens (tertiary/aromatic N) is 3. The minimum Gasteiger partial charge on any atom is -0.454 e. The van der Waals surface area contributed by atoms with Crippen molar-refractivity contribution in [2.75, 3.05) is 6.79 Å². The third-order valence-electron chi connectivity index (χ3n) is 5.92. The summed E-state index contributed by atoms with van der Waals surface area (Å²) in [5.41, 5.74) is 0.745. The molecule has 2 aromatic carbocycles. The molecule has 7 heteroatoms. The second-order valence-electron chi connectivity index (χ2n) is 7.84. The van der Waals surface area contributed by atoms with Crippen molar-refractivity contribution >= 4 is 16.7 Å². The van der Waals surface area contributed by atoms with Gasteiger partial charge < -0.3 is 14.4 Å². The summed E-state index contributed by atoms with van der Waals surface area (Å²) >= 11 is 0. The number of hydrogen-bond donors (Lipinski definition) is 0. The highest BCUT2D eigenvalue weighted by molar-refractivity contribution is 5.81. The Morgan fingerprint density at radius 2 is 1.90 bits per heavy atom. The highest BCUT2D eigenvalue weighted by Crippen LogP contribution is 2.33. The van der Waals surface area contributed by atoms with E-state index in [1.165, 1.54) is 4.68 Å². The Balaban J connectivity index is 1.41. The predicted octanol–water partition coefficient (Wildman–Crippen LogP) is 3.10. The fourth-order valence-electron chi connectivity index (χ4n) is 4.33. The third-order valence-corrected chi connectivity index (χ3v) is 5.92. The Morgan fingerprint density at radius 3 is 2.77 bits per heavy atom. The topological polar surface area (TPSA) is 73.7 Å². The van der Waals surface area contributed by atoms with E-state index in [1.807, 2.05) is 41.3 Å². The van der Waals surface area contributed by atoms with Crippen molar-refractivity contribution in [1.82, 2.24) is 14.7 Å². The molecule has 1 saturated carbocycles. The van der Waals surface area contributed by atoms with Crippen LogP contribution < -0.4 is 15.0 Å². The van der Waals surface area contributed by atoms with Crippen LogP contribution in [-0.2, 0) is 17.9 Å². The maximum absolute atomic E-state index is 13.3. The Bertz CT molecular complexity index is 1150. The molecule has 7 nitrogen and oxygen atoms in total. The van der Waals surface area contributed by atoms with Gasteiger partial charge in [0.05, 0.1) is 11.6 Å². The van der Waals surface area contributed by atoms with Crippen molar-refractivity contribution < 1.29 is 14.3 Å². The molecule has 0 saturated heterocycles. The smallest absolute Gasteiger partial charge is 0.275 e. The molecule has 2 heterocycles. The van der Waals surface area contributed by atoms with Gasteiger partial charge in [-0.1, -0.05) is 37.1 Å². The Labute approximate surface area is 173 Å². The maximum Gasteiger partial charge on any atom is 0.275 e. The average Bonchev–Trinajstić information content (AvgIpc) is 3.46. The molecular weight excluding hydrogens is 382 g/mol. The van der Waals surface area contributed by atoms with Crippen molar-refractivity contribution in [2.24, 2.45) is 0 Å². The van der Waals surface area contributed by atoms with Gasteiger partial charge in [0.25, 0.3) is 5.56 Å². The molecule has 154 valence electrons. The van der Waals surface area contributed by atoms with Gasteiger partial charge in [-0.05, 0) is 36.6 Å². The molecule has 0 bridgehead atoms. The Hall–Kier alpha value is -3.35. The zero-order chi connectivity index (χ0) is 20.5. The third kappa shape index (κ3) is 3.51. The molecule has 1 fully saturated rings. The van der Waals surface area contributed by atoms with E-state index in [0.29, 0.717) is 17.7 Å². The summed E-state index contributed by atoms with van der Waals surface area (Å²) in [6.07, 6.45) is 5.84. The van der Waals surface area contributed by atoms with E-state index in [1.54, 1.807) is 12.3 Å². The molecular formula is C23H23N3O4. The molecule has 30 heavy (non-hydrogen) atoms. The van der Waals surface area contributed by atoms with Crippen molar-refractivity contribution in [3.8, 4) is 11.5 Å². The van der Waals surface area contributed by atoms with Crippen LogP contribution in [0.5, 0.6) is 11.5 Å². The van der Waals surface area contributed by atoms with Crippen LogP contribution in [0.3, 0.4) is 0 Å². The first-order chi connectivity index (χ1) is 14.7. The quantitative estimate of drug-likeness (QED) is 0.652. The van der Waals surface area contributed by atoms with Crippen molar-refractivity contribution in [3.05, 3.63) is 64.6 Å². The van der Waals surface area contributed by atoms with Crippen LogP contribution in [-0.4, -0.2) is 33.4 Å². The molecule has 0 unspecified atom stereocenters. The molecule has 1 aromatic heterocycles. The van der Waals surface area contributed by atoms with Crippen LogP contribution in [0.25, 0.3) is 10.8 Å². The molecule has 1 aliphatic carbocycles. The lowest BCUT2D eigenvalue weighted by molar-refractivity contribution is -0.135. The van der Waals surface area contributed by atoms with Gasteiger partial charge in [-0.25, -0.2) is 4.68 Å². The SMILES string of the molecule is O=C(Cn1ncc2ccccc2c1=O)N(Cc1ccc2c(c1)OCO2)C1CCCC1. The summed E-state index contributed by atoms with van der Waals surface area (Å²) < 4.78 is 12.1. The van der Waals surface area contributed by atoms with E-state index < -0.39 is 0 Å². The van der Waals surface area contributed by atoms with Crippen molar-refractivity contribution in [3.63, 3.8) is 0 Å². The number of rotatable bonds is 5. The predicted molar refractivity (Wildman–Crippen MR) is 111 cm³/mol. The van der Waals surface area contributed by atoms with E-state index in [2.05, 4.69) is 5.10 Å². The average molecular weight is 405 g/mol. The first kappa shape index (κ1) is 18.7. The molecule has 0 spiro atoms. The molecule has 3 aromatic rings. The largest absolute Gasteiger partial charge is 0.454 e. The van der Waals surface area contributed by atoms with Crippen LogP contribution in [0, 0.1) is 0 Å². The minimum absolute atomic E-state index is 0.0648. The van der Waals surface area contributed by atoms with Crippen LogP contribution in [0.1, 0.15) is 31.2 Å². The lowest BCUT2D eigenvalue weighted by Crippen LogP contribution is -2.42. The first-order valence-electron chi connectivity index (χ1n) is 10.3. The number of carbonyl (C=O) groups excluding carboxylic acids is 1. The van der Waals surface area contributed by atoms with E-state index in [0.717, 1.165) is 42.4 Å². The van der Waals surface area contributed by atoms with Gasteiger partial charge in [0.1, 0.15) is 6.54 Å². The van der Waals surface area contributed by atoms with Gasteiger partial charge in [-0.2, -0.15) is 5.10 Å². The van der Waals surface area contributed by atoms with Crippen LogP contribution in [0.15, 0.2) is 53.5 Å². The van der Waals surface area contributed by atoms with Crippen molar-refractivity contribution in [2.45, 2.75) is 44.8 Å². The summed E-state index contributed by atoms with van der Waals surface area (Å²) in [7, 11) is 0. The van der Waals surface area contributed by atoms with Gasteiger partial charge >= 0.3 is 0 Å². The zero-order valence-corrected chi connectivity index (χ0v) is 16.6. The number of benzene rings is 2. The van der Waals surface area contributed by atoms with Gasteiger partial charge in [0.15, 0.2) is 11.5 Å². The zero-order valence-electron chi connectivity index (χ0n) is 16.6. The van der Waals surface area contributed by atoms with Gasteiger partial charge in [-0.3, -0.25) is 9.59 Å². The highest BCUT2D eigenvalue weighted by atomic mass is 16.7. The Kier molecular flexibility index (Phi) is 4.86. The van der Waals surface area contributed by atoms with E-state index in [-0.39, 0.29) is 30.8 Å². The molecule has 2 aliphatic rings. The van der Waals surface area contributed by atoms with E-state index in [9.17, 15) is 9.59 Å². The Morgan fingerprint density at radius 1 is 1.10 bits per heavy atom. The molecule has 1 aliphatic heterocycles. The minimum atomic E-state index is -0.240. The monoisotopic (exact) mass is 405 g/mol. The number of hydrogen-bond acceptors (Lipinski definition) is 5. The van der Waals surface area contributed by atoms with Crippen LogP contribution >= 0.6 is 0 Å². The number of amides is 1. The molecule has 0 atom stereocenters. The lowest BCUT2D eigenvalue weighted by atomic mass is 10.1. The van der Waals surface area contributed by atoms with Gasteiger partial charge in [-0.15, -0.1) is 0 Å². The van der Waals surface area contributed by atoms with Crippen LogP contribution in [0.4, 0.5) is 0 Å². The van der Waals surface area contributed by atoms with Gasteiger partial charge in [0.2, 0.25) is 12.7 Å². The molecule has 0 radical (unpaired) electrons. The normalized spacial score (nSPS) is 15.6. The number of fused-ring (bicyclic) bond motifs is 2. The van der Waals surface area contributed by atoms with Crippen molar-refractivity contribution in [1.29, 1.82) is 0 Å². The fraction of sp³-hybridized carbons (Fsp3) is 0.348. The second-order valence-corrected chi connectivity index (χ2v) is 7.84. The summed E-state index contributed by atoms with van der Waals surface area (Å²) in [5, 5.41) is 5.58. The summed E-state index contributed by atoms with van der Waals surface area (Å²) in [6, 6.07) is 13.2. The maximum atomic E-state index is 13.3. The lowest BCUT2D eigenvalue weighted by Gasteiger charge is -2.29. The summed E-state index contributed by atoms with van der Waals surface area (Å²) in [6.45, 7) is 0.633. The number of aromatic nitrogens is 2. The van der Waals surface area contributed by atoms with E-state index in [4.69, 9.17) is 9.47 Å². The summed E-state index contributed by atoms with van der Waals surface area (Å²) in [4.78, 5) is 28.0. The fourth-order valence-corrected chi connectivity index (χ4v) is 4.33. The highest BCUT2D eigenvalue weighted by Gasteiger charge is 2.28. The molecule has 0 N–H and O–H groups in total. The standard InChI is InChI=1S/C23H23N3O4/c27-22(14-26-23(28)19-8-4-1-5-17(19)12-24-26)25(18-6-2-3-7-18)13-16-9-10-20-21(11-16)30-15-29-20/h1,4-5,8-12,18H,2-3,6-7,13-15H2. The van der Waals surface area contributed by atoms with Crippen LogP contribution in [0.2, 0.25) is 0 Å². The first-order valence-corrected chi connectivity index (χ1v) is 10.3.